The van der Waals surface area contributed by atoms with Crippen molar-refractivity contribution in [2.45, 2.75) is 26.7 Å². The summed E-state index contributed by atoms with van der Waals surface area (Å²) < 4.78 is 12.9. The van der Waals surface area contributed by atoms with E-state index in [4.69, 9.17) is 11.6 Å². The number of halogens is 2. The van der Waals surface area contributed by atoms with Crippen molar-refractivity contribution in [3.05, 3.63) is 34.6 Å². The monoisotopic (exact) mass is 243 g/mol. The van der Waals surface area contributed by atoms with Crippen LogP contribution in [0.5, 0.6) is 0 Å². The maximum Gasteiger partial charge on any atom is 0.124 e. The third-order valence-electron chi connectivity index (χ3n) is 3.09. The van der Waals surface area contributed by atoms with Crippen LogP contribution in [0.25, 0.3) is 0 Å². The second kappa shape index (κ2) is 5.65. The highest BCUT2D eigenvalue weighted by atomic mass is 35.5. The first kappa shape index (κ1) is 13.5. The van der Waals surface area contributed by atoms with Crippen LogP contribution < -0.4 is 5.32 Å². The molecule has 0 aromatic heterocycles. The molecule has 0 aliphatic rings. The zero-order chi connectivity index (χ0) is 12.2. The maximum atomic E-state index is 12.9. The molecule has 1 N–H and O–H groups in total. The summed E-state index contributed by atoms with van der Waals surface area (Å²) in [6.07, 6.45) is 1.92. The average Bonchev–Trinajstić information content (AvgIpc) is 2.23. The van der Waals surface area contributed by atoms with Crippen LogP contribution in [0.15, 0.2) is 18.2 Å². The van der Waals surface area contributed by atoms with E-state index < -0.39 is 0 Å². The second-order valence-electron chi connectivity index (χ2n) is 4.61. The molecule has 16 heavy (non-hydrogen) atoms. The molecule has 0 bridgehead atoms. The molecule has 0 aliphatic carbocycles. The predicted molar refractivity (Wildman–Crippen MR) is 67.4 cm³/mol. The molecule has 0 heterocycles. The van der Waals surface area contributed by atoms with Crippen molar-refractivity contribution in [2.24, 2.45) is 5.41 Å². The lowest BCUT2D eigenvalue weighted by molar-refractivity contribution is 0.299. The zero-order valence-corrected chi connectivity index (χ0v) is 10.9. The van der Waals surface area contributed by atoms with Crippen molar-refractivity contribution in [2.75, 3.05) is 13.6 Å². The van der Waals surface area contributed by atoms with Crippen LogP contribution in [0.3, 0.4) is 0 Å². The molecule has 1 aromatic rings. The van der Waals surface area contributed by atoms with Gasteiger partial charge >= 0.3 is 0 Å². The third-order valence-corrected chi connectivity index (χ3v) is 3.44. The van der Waals surface area contributed by atoms with Gasteiger partial charge in [0, 0.05) is 11.6 Å². The molecule has 0 amide bonds. The van der Waals surface area contributed by atoms with Crippen LogP contribution in [0.2, 0.25) is 5.02 Å². The van der Waals surface area contributed by atoms with Gasteiger partial charge in [0.15, 0.2) is 0 Å². The number of hydrogen-bond acceptors (Lipinski definition) is 1. The van der Waals surface area contributed by atoms with E-state index >= 15 is 0 Å². The molecule has 0 fully saturated rings. The molecular weight excluding hydrogens is 225 g/mol. The molecule has 1 nitrogen and oxygen atoms in total. The maximum absolute atomic E-state index is 12.9. The van der Waals surface area contributed by atoms with Crippen molar-refractivity contribution in [3.8, 4) is 0 Å². The quantitative estimate of drug-likeness (QED) is 0.832. The summed E-state index contributed by atoms with van der Waals surface area (Å²) in [7, 11) is 1.94. The number of nitrogens with one attached hydrogen (secondary N) is 1. The van der Waals surface area contributed by atoms with E-state index in [1.807, 2.05) is 7.05 Å². The van der Waals surface area contributed by atoms with Crippen LogP contribution in [-0.2, 0) is 6.42 Å². The second-order valence-corrected chi connectivity index (χ2v) is 5.01. The first-order chi connectivity index (χ1) is 7.50. The molecule has 0 aliphatic heterocycles. The smallest absolute Gasteiger partial charge is 0.124 e. The van der Waals surface area contributed by atoms with Crippen LogP contribution in [-0.4, -0.2) is 13.6 Å². The Kier molecular flexibility index (Phi) is 4.75. The minimum absolute atomic E-state index is 0.163. The molecule has 0 saturated carbocycles. The summed E-state index contributed by atoms with van der Waals surface area (Å²) in [5.74, 6) is -0.277. The van der Waals surface area contributed by atoms with Crippen molar-refractivity contribution in [1.29, 1.82) is 0 Å². The van der Waals surface area contributed by atoms with Crippen molar-refractivity contribution in [3.63, 3.8) is 0 Å². The van der Waals surface area contributed by atoms with E-state index in [2.05, 4.69) is 19.2 Å². The van der Waals surface area contributed by atoms with Gasteiger partial charge < -0.3 is 5.32 Å². The molecule has 90 valence electrons. The normalized spacial score (nSPS) is 14.8. The molecular formula is C13H19ClFN. The molecule has 1 unspecified atom stereocenters. The van der Waals surface area contributed by atoms with Gasteiger partial charge in [-0.3, -0.25) is 0 Å². The predicted octanol–water partition coefficient (Wildman–Crippen LogP) is 3.66. The van der Waals surface area contributed by atoms with Crippen LogP contribution in [0.4, 0.5) is 4.39 Å². The fourth-order valence-electron chi connectivity index (χ4n) is 1.86. The standard InChI is InChI=1S/C13H19ClFN/c1-4-13(2,9-16-3)8-10-5-6-11(15)7-12(10)14/h5-7,16H,4,8-9H2,1-3H3. The highest BCUT2D eigenvalue weighted by Crippen LogP contribution is 2.29. The van der Waals surface area contributed by atoms with Gasteiger partial charge in [-0.15, -0.1) is 0 Å². The lowest BCUT2D eigenvalue weighted by Gasteiger charge is -2.28. The zero-order valence-electron chi connectivity index (χ0n) is 10.1. The Balaban J connectivity index is 2.85. The van der Waals surface area contributed by atoms with Crippen molar-refractivity contribution in [1.82, 2.24) is 5.32 Å². The number of rotatable bonds is 5. The highest BCUT2D eigenvalue weighted by molar-refractivity contribution is 6.31. The Bertz CT molecular complexity index is 354. The number of benzene rings is 1. The Labute approximate surface area is 102 Å². The van der Waals surface area contributed by atoms with E-state index in [1.54, 1.807) is 6.07 Å². The van der Waals surface area contributed by atoms with E-state index in [0.29, 0.717) is 5.02 Å². The largest absolute Gasteiger partial charge is 0.319 e. The summed E-state index contributed by atoms with van der Waals surface area (Å²) in [6, 6.07) is 4.63. The van der Waals surface area contributed by atoms with E-state index in [0.717, 1.165) is 24.9 Å². The van der Waals surface area contributed by atoms with Gasteiger partial charge in [0.1, 0.15) is 5.82 Å². The van der Waals surface area contributed by atoms with Crippen molar-refractivity contribution < 1.29 is 4.39 Å². The molecule has 0 radical (unpaired) electrons. The lowest BCUT2D eigenvalue weighted by Crippen LogP contribution is -2.31. The Morgan fingerprint density at radius 1 is 1.44 bits per heavy atom. The summed E-state index contributed by atoms with van der Waals surface area (Å²) in [4.78, 5) is 0. The third kappa shape index (κ3) is 3.46. The topological polar surface area (TPSA) is 12.0 Å². The van der Waals surface area contributed by atoms with E-state index in [-0.39, 0.29) is 11.2 Å². The first-order valence-electron chi connectivity index (χ1n) is 5.59. The average molecular weight is 244 g/mol. The summed E-state index contributed by atoms with van der Waals surface area (Å²) in [5, 5.41) is 3.72. The van der Waals surface area contributed by atoms with Crippen molar-refractivity contribution >= 4 is 11.6 Å². The first-order valence-corrected chi connectivity index (χ1v) is 5.97. The molecule has 3 heteroatoms. The highest BCUT2D eigenvalue weighted by Gasteiger charge is 2.22. The van der Waals surface area contributed by atoms with Crippen LogP contribution >= 0.6 is 11.6 Å². The molecule has 1 atom stereocenters. The Morgan fingerprint density at radius 3 is 2.62 bits per heavy atom. The summed E-state index contributed by atoms with van der Waals surface area (Å²) in [5.41, 5.74) is 1.18. The van der Waals surface area contributed by atoms with Gasteiger partial charge in [-0.2, -0.15) is 0 Å². The van der Waals surface area contributed by atoms with Crippen LogP contribution in [0, 0.1) is 11.2 Å². The fraction of sp³-hybridized carbons (Fsp3) is 0.538. The van der Waals surface area contributed by atoms with Gasteiger partial charge in [-0.05, 0) is 43.0 Å². The minimum Gasteiger partial charge on any atom is -0.319 e. The summed E-state index contributed by atoms with van der Waals surface area (Å²) in [6.45, 7) is 5.30. The Hall–Kier alpha value is -0.600. The molecule has 0 spiro atoms. The van der Waals surface area contributed by atoms with E-state index in [1.165, 1.54) is 12.1 Å². The molecule has 0 saturated heterocycles. The van der Waals surface area contributed by atoms with Gasteiger partial charge in [0.2, 0.25) is 0 Å². The van der Waals surface area contributed by atoms with Gasteiger partial charge in [0.25, 0.3) is 0 Å². The number of hydrogen-bond donors (Lipinski definition) is 1. The molecule has 1 aromatic carbocycles. The van der Waals surface area contributed by atoms with Gasteiger partial charge in [0.05, 0.1) is 0 Å². The molecule has 1 rings (SSSR count). The SMILES string of the molecule is CCC(C)(CNC)Cc1ccc(F)cc1Cl. The fourth-order valence-corrected chi connectivity index (χ4v) is 2.10. The minimum atomic E-state index is -0.277. The van der Waals surface area contributed by atoms with Gasteiger partial charge in [-0.25, -0.2) is 4.39 Å². The van der Waals surface area contributed by atoms with Crippen LogP contribution in [0.1, 0.15) is 25.8 Å². The van der Waals surface area contributed by atoms with E-state index in [9.17, 15) is 4.39 Å². The lowest BCUT2D eigenvalue weighted by atomic mass is 9.81. The Morgan fingerprint density at radius 2 is 2.12 bits per heavy atom. The van der Waals surface area contributed by atoms with Gasteiger partial charge in [-0.1, -0.05) is 31.5 Å². The summed E-state index contributed by atoms with van der Waals surface area (Å²) >= 11 is 6.03.